The summed E-state index contributed by atoms with van der Waals surface area (Å²) < 4.78 is 0. The molecule has 0 radical (unpaired) electrons. The molecule has 0 bridgehead atoms. The maximum Gasteiger partial charge on any atom is -0.0219 e. The van der Waals surface area contributed by atoms with Crippen molar-refractivity contribution in [3.8, 4) is 0 Å². The molecule has 0 heterocycles. The molecule has 1 aromatic rings. The fourth-order valence-corrected chi connectivity index (χ4v) is 2.87. The molecule has 0 saturated heterocycles. The molecule has 0 heteroatoms. The van der Waals surface area contributed by atoms with Crippen LogP contribution in [0.15, 0.2) is 18.2 Å². The van der Waals surface area contributed by atoms with Gasteiger partial charge in [0.2, 0.25) is 0 Å². The van der Waals surface area contributed by atoms with Gasteiger partial charge in [-0.05, 0) is 53.2 Å². The second-order valence-electron chi connectivity index (χ2n) is 6.99. The van der Waals surface area contributed by atoms with Gasteiger partial charge in [0.05, 0.1) is 0 Å². The fourth-order valence-electron chi connectivity index (χ4n) is 2.87. The number of rotatable bonds is 1. The standard InChI is InChI=1S/C17H26/c1-12(2)13-6-7-15-11-16(17(3,4)5)9-8-14(15)10-13/h6-7,10,12,16H,8-9,11H2,1-5H3. The van der Waals surface area contributed by atoms with Crippen molar-refractivity contribution in [2.45, 2.75) is 59.8 Å². The minimum absolute atomic E-state index is 0.453. The van der Waals surface area contributed by atoms with E-state index in [1.165, 1.54) is 24.8 Å². The van der Waals surface area contributed by atoms with Crippen LogP contribution in [0.25, 0.3) is 0 Å². The molecule has 2 rings (SSSR count). The van der Waals surface area contributed by atoms with E-state index in [2.05, 4.69) is 52.8 Å². The Hall–Kier alpha value is -0.780. The lowest BCUT2D eigenvalue weighted by molar-refractivity contribution is 0.216. The van der Waals surface area contributed by atoms with Crippen LogP contribution in [-0.2, 0) is 12.8 Å². The van der Waals surface area contributed by atoms with E-state index in [-0.39, 0.29) is 0 Å². The smallest absolute Gasteiger partial charge is 0.0219 e. The van der Waals surface area contributed by atoms with Crippen molar-refractivity contribution in [3.63, 3.8) is 0 Å². The molecular formula is C17H26. The molecule has 0 amide bonds. The Morgan fingerprint density at radius 2 is 1.82 bits per heavy atom. The first kappa shape index (κ1) is 12.7. The SMILES string of the molecule is CC(C)c1ccc2c(c1)CCC(C(C)(C)C)C2. The zero-order valence-electron chi connectivity index (χ0n) is 12.0. The molecule has 0 saturated carbocycles. The van der Waals surface area contributed by atoms with Gasteiger partial charge in [-0.1, -0.05) is 52.8 Å². The Morgan fingerprint density at radius 1 is 1.12 bits per heavy atom. The molecule has 0 aromatic heterocycles. The summed E-state index contributed by atoms with van der Waals surface area (Å²) >= 11 is 0. The van der Waals surface area contributed by atoms with Crippen LogP contribution in [0.4, 0.5) is 0 Å². The molecule has 0 N–H and O–H groups in total. The summed E-state index contributed by atoms with van der Waals surface area (Å²) in [6, 6.07) is 7.15. The maximum atomic E-state index is 2.44. The van der Waals surface area contributed by atoms with E-state index in [9.17, 15) is 0 Å². The molecule has 1 aliphatic rings. The zero-order chi connectivity index (χ0) is 12.6. The first-order valence-corrected chi connectivity index (χ1v) is 6.99. The summed E-state index contributed by atoms with van der Waals surface area (Å²) in [6.45, 7) is 11.7. The molecule has 0 fully saturated rings. The van der Waals surface area contributed by atoms with Crippen molar-refractivity contribution in [3.05, 3.63) is 34.9 Å². The lowest BCUT2D eigenvalue weighted by Gasteiger charge is -2.35. The highest BCUT2D eigenvalue weighted by Crippen LogP contribution is 2.37. The molecule has 1 aromatic carbocycles. The summed E-state index contributed by atoms with van der Waals surface area (Å²) in [6.07, 6.45) is 3.91. The number of hydrogen-bond acceptors (Lipinski definition) is 0. The topological polar surface area (TPSA) is 0 Å². The second kappa shape index (κ2) is 4.48. The molecule has 17 heavy (non-hydrogen) atoms. The van der Waals surface area contributed by atoms with Crippen molar-refractivity contribution in [2.75, 3.05) is 0 Å². The van der Waals surface area contributed by atoms with Crippen molar-refractivity contribution < 1.29 is 0 Å². The molecule has 94 valence electrons. The number of benzene rings is 1. The molecule has 1 aliphatic carbocycles. The Labute approximate surface area is 106 Å². The summed E-state index contributed by atoms with van der Waals surface area (Å²) in [5.74, 6) is 1.50. The normalized spacial score (nSPS) is 20.5. The van der Waals surface area contributed by atoms with Gasteiger partial charge in [-0.2, -0.15) is 0 Å². The lowest BCUT2D eigenvalue weighted by atomic mass is 9.70. The van der Waals surface area contributed by atoms with E-state index in [1.807, 2.05) is 0 Å². The van der Waals surface area contributed by atoms with E-state index >= 15 is 0 Å². The van der Waals surface area contributed by atoms with E-state index in [4.69, 9.17) is 0 Å². The first-order chi connectivity index (χ1) is 7.88. The van der Waals surface area contributed by atoms with Crippen LogP contribution >= 0.6 is 0 Å². The third-order valence-corrected chi connectivity index (χ3v) is 4.35. The molecular weight excluding hydrogens is 204 g/mol. The van der Waals surface area contributed by atoms with Crippen molar-refractivity contribution >= 4 is 0 Å². The van der Waals surface area contributed by atoms with Crippen LogP contribution < -0.4 is 0 Å². The van der Waals surface area contributed by atoms with Crippen LogP contribution in [-0.4, -0.2) is 0 Å². The van der Waals surface area contributed by atoms with Crippen molar-refractivity contribution in [1.29, 1.82) is 0 Å². The van der Waals surface area contributed by atoms with E-state index in [0.29, 0.717) is 11.3 Å². The van der Waals surface area contributed by atoms with Crippen molar-refractivity contribution in [2.24, 2.45) is 11.3 Å². The van der Waals surface area contributed by atoms with Crippen LogP contribution in [0.2, 0.25) is 0 Å². The predicted molar refractivity (Wildman–Crippen MR) is 75.5 cm³/mol. The number of aryl methyl sites for hydroxylation is 1. The second-order valence-corrected chi connectivity index (χ2v) is 6.99. The zero-order valence-corrected chi connectivity index (χ0v) is 12.0. The maximum absolute atomic E-state index is 2.44. The van der Waals surface area contributed by atoms with Gasteiger partial charge in [0.25, 0.3) is 0 Å². The van der Waals surface area contributed by atoms with Gasteiger partial charge in [0.1, 0.15) is 0 Å². The highest BCUT2D eigenvalue weighted by molar-refractivity contribution is 5.35. The third-order valence-electron chi connectivity index (χ3n) is 4.35. The molecule has 0 spiro atoms. The predicted octanol–water partition coefficient (Wildman–Crippen LogP) is 4.96. The number of hydrogen-bond donors (Lipinski definition) is 0. The Bertz CT molecular complexity index is 393. The molecule has 1 atom stereocenters. The van der Waals surface area contributed by atoms with E-state index in [0.717, 1.165) is 5.92 Å². The highest BCUT2D eigenvalue weighted by atomic mass is 14.3. The summed E-state index contributed by atoms with van der Waals surface area (Å²) in [7, 11) is 0. The van der Waals surface area contributed by atoms with Gasteiger partial charge < -0.3 is 0 Å². The van der Waals surface area contributed by atoms with Gasteiger partial charge >= 0.3 is 0 Å². The summed E-state index contributed by atoms with van der Waals surface area (Å²) in [4.78, 5) is 0. The van der Waals surface area contributed by atoms with Gasteiger partial charge in [-0.3, -0.25) is 0 Å². The van der Waals surface area contributed by atoms with E-state index < -0.39 is 0 Å². The molecule has 0 nitrogen and oxygen atoms in total. The van der Waals surface area contributed by atoms with Crippen LogP contribution in [0.1, 0.15) is 63.6 Å². The average Bonchev–Trinajstić information content (AvgIpc) is 2.26. The van der Waals surface area contributed by atoms with Gasteiger partial charge in [-0.25, -0.2) is 0 Å². The largest absolute Gasteiger partial charge is 0.0599 e. The highest BCUT2D eigenvalue weighted by Gasteiger charge is 2.28. The van der Waals surface area contributed by atoms with Crippen LogP contribution in [0.5, 0.6) is 0 Å². The number of fused-ring (bicyclic) bond motifs is 1. The molecule has 1 unspecified atom stereocenters. The minimum atomic E-state index is 0.453. The van der Waals surface area contributed by atoms with Gasteiger partial charge in [0.15, 0.2) is 0 Å². The first-order valence-electron chi connectivity index (χ1n) is 6.99. The monoisotopic (exact) mass is 230 g/mol. The quantitative estimate of drug-likeness (QED) is 0.639. The van der Waals surface area contributed by atoms with E-state index in [1.54, 1.807) is 11.1 Å². The van der Waals surface area contributed by atoms with Crippen LogP contribution in [0, 0.1) is 11.3 Å². The lowest BCUT2D eigenvalue weighted by Crippen LogP contribution is -2.26. The van der Waals surface area contributed by atoms with Crippen molar-refractivity contribution in [1.82, 2.24) is 0 Å². The minimum Gasteiger partial charge on any atom is -0.0599 e. The Balaban J connectivity index is 2.23. The average molecular weight is 230 g/mol. The summed E-state index contributed by atoms with van der Waals surface area (Å²) in [5.41, 5.74) is 5.16. The van der Waals surface area contributed by atoms with Gasteiger partial charge in [0, 0.05) is 0 Å². The summed E-state index contributed by atoms with van der Waals surface area (Å²) in [5, 5.41) is 0. The Morgan fingerprint density at radius 3 is 2.41 bits per heavy atom. The molecule has 0 aliphatic heterocycles. The Kier molecular flexibility index (Phi) is 3.34. The fraction of sp³-hybridized carbons (Fsp3) is 0.647. The third kappa shape index (κ3) is 2.73. The van der Waals surface area contributed by atoms with Crippen LogP contribution in [0.3, 0.4) is 0 Å². The van der Waals surface area contributed by atoms with Gasteiger partial charge in [-0.15, -0.1) is 0 Å².